The molecule has 14 nitrogen and oxygen atoms in total. The maximum absolute atomic E-state index is 16.8. The number of thiophene rings is 1. The molecule has 2 saturated heterocycles. The van der Waals surface area contributed by atoms with E-state index in [2.05, 4.69) is 51.9 Å². The number of methoxy groups -OCH3 is 1. The van der Waals surface area contributed by atoms with Crippen LogP contribution in [0.1, 0.15) is 120 Å². The highest BCUT2D eigenvalue weighted by atomic mass is 32.1. The topological polar surface area (TPSA) is 160 Å². The number of imidazole rings is 2. The normalized spacial score (nSPS) is 19.0. The molecule has 64 heavy (non-hydrogen) atoms. The Hall–Kier alpha value is -6.16. The molecule has 3 amide bonds. The van der Waals surface area contributed by atoms with Crippen LogP contribution in [0.4, 0.5) is 14.0 Å². The molecule has 336 valence electrons. The van der Waals surface area contributed by atoms with Crippen LogP contribution in [0, 0.1) is 11.7 Å². The first kappa shape index (κ1) is 43.1. The average Bonchev–Trinajstić information content (AvgIpc) is 4.11. The van der Waals surface area contributed by atoms with Crippen LogP contribution in [-0.4, -0.2) is 84.2 Å². The summed E-state index contributed by atoms with van der Waals surface area (Å²) in [5.41, 5.74) is 4.19. The van der Waals surface area contributed by atoms with Gasteiger partial charge in [-0.2, -0.15) is 0 Å². The van der Waals surface area contributed by atoms with Crippen molar-refractivity contribution in [3.05, 3.63) is 88.1 Å². The van der Waals surface area contributed by atoms with Crippen molar-refractivity contribution in [1.29, 1.82) is 0 Å². The van der Waals surface area contributed by atoms with Gasteiger partial charge in [0.15, 0.2) is 0 Å². The fraction of sp³-hybridized carbons (Fsp3) is 0.438. The van der Waals surface area contributed by atoms with E-state index in [9.17, 15) is 14.4 Å². The van der Waals surface area contributed by atoms with Crippen LogP contribution in [-0.2, 0) is 14.3 Å². The molecule has 16 heteroatoms. The zero-order valence-corrected chi connectivity index (χ0v) is 38.3. The van der Waals surface area contributed by atoms with E-state index in [1.54, 1.807) is 33.5 Å². The maximum atomic E-state index is 16.8. The van der Waals surface area contributed by atoms with Crippen molar-refractivity contribution in [3.63, 3.8) is 0 Å². The lowest BCUT2D eigenvalue weighted by molar-refractivity contribution is -0.135. The number of carbonyl (C=O) groups excluding carboxylic acids is 3. The van der Waals surface area contributed by atoms with Gasteiger partial charge in [-0.05, 0) is 101 Å². The summed E-state index contributed by atoms with van der Waals surface area (Å²) in [6, 6.07) is 14.4. The fourth-order valence-electron chi connectivity index (χ4n) is 9.19. The Morgan fingerprint density at radius 2 is 1.56 bits per heavy atom. The molecule has 3 aliphatic heterocycles. The Bertz CT molecular complexity index is 2740. The van der Waals surface area contributed by atoms with Crippen molar-refractivity contribution in [1.82, 2.24) is 39.6 Å². The molecule has 9 rings (SSSR count). The molecule has 4 aromatic heterocycles. The van der Waals surface area contributed by atoms with Crippen molar-refractivity contribution in [3.8, 4) is 39.5 Å². The number of amides is 3. The number of nitrogens with zero attached hydrogens (tertiary/aromatic N) is 5. The molecule has 0 bridgehead atoms. The highest BCUT2D eigenvalue weighted by Gasteiger charge is 2.39. The first-order valence-electron chi connectivity index (χ1n) is 22.1. The van der Waals surface area contributed by atoms with Gasteiger partial charge in [0.25, 0.3) is 0 Å². The number of fused-ring (bicyclic) bond motifs is 5. The van der Waals surface area contributed by atoms with E-state index in [0.717, 1.165) is 46.3 Å². The van der Waals surface area contributed by atoms with Crippen molar-refractivity contribution in [2.45, 2.75) is 110 Å². The van der Waals surface area contributed by atoms with Crippen molar-refractivity contribution in [2.75, 3.05) is 20.2 Å². The quantitative estimate of drug-likeness (QED) is 0.129. The highest BCUT2D eigenvalue weighted by Crippen LogP contribution is 2.49. The van der Waals surface area contributed by atoms with E-state index in [1.807, 2.05) is 58.9 Å². The molecular weight excluding hydrogens is 836 g/mol. The molecule has 4 atom stereocenters. The molecule has 0 saturated carbocycles. The second-order valence-corrected chi connectivity index (χ2v) is 19.8. The van der Waals surface area contributed by atoms with Crippen LogP contribution in [0.25, 0.3) is 44.7 Å². The summed E-state index contributed by atoms with van der Waals surface area (Å²) in [5.74, 6) is 1.20. The molecular formula is C48H55FN8O6S. The predicted octanol–water partition coefficient (Wildman–Crippen LogP) is 10.5. The molecule has 6 aromatic rings. The van der Waals surface area contributed by atoms with Gasteiger partial charge in [0.05, 0.1) is 64.6 Å². The Morgan fingerprint density at radius 1 is 0.891 bits per heavy atom. The van der Waals surface area contributed by atoms with Crippen LogP contribution < -0.4 is 10.1 Å². The number of benzene rings is 2. The summed E-state index contributed by atoms with van der Waals surface area (Å²) in [4.78, 5) is 61.0. The van der Waals surface area contributed by atoms with Crippen LogP contribution in [0.5, 0.6) is 5.75 Å². The number of carbonyl (C=O) groups is 3. The lowest BCUT2D eigenvalue weighted by Crippen LogP contribution is -2.51. The average molecular weight is 891 g/mol. The molecule has 3 aliphatic rings. The van der Waals surface area contributed by atoms with Gasteiger partial charge in [0.1, 0.15) is 34.9 Å². The van der Waals surface area contributed by atoms with Gasteiger partial charge < -0.3 is 34.4 Å². The van der Waals surface area contributed by atoms with Gasteiger partial charge in [0.2, 0.25) is 12.1 Å². The number of likely N-dealkylation sites (tertiary alicyclic amines) is 2. The smallest absolute Gasteiger partial charge is 0.410 e. The summed E-state index contributed by atoms with van der Waals surface area (Å²) in [7, 11) is 1.27. The summed E-state index contributed by atoms with van der Waals surface area (Å²) in [5, 5.41) is 3.59. The van der Waals surface area contributed by atoms with Gasteiger partial charge in [0, 0.05) is 34.5 Å². The standard InChI is InChI=1S/C48H55FN8O6S/c1-25(2)38-15-16-39(64-38)45-57-33-14-13-27(31-23-50-43(52-31)35-12-10-18-56(35)47(60)63-48(5,6)7)19-29(33)21-36(57)40-30(49)20-28(22-37(40)62-45)32-24-51-42(53-32)34-11-9-17-55(34)44(58)41(26(3)4)54-46(59)61-8/h13-16,19-26,34-35,41,45H,9-12,17-18H2,1-8H3,(H,50,52)(H,51,53)(H,54,59). The lowest BCUT2D eigenvalue weighted by Gasteiger charge is -2.30. The molecule has 0 spiro atoms. The van der Waals surface area contributed by atoms with Crippen LogP contribution in [0.3, 0.4) is 0 Å². The van der Waals surface area contributed by atoms with E-state index in [0.29, 0.717) is 65.3 Å². The van der Waals surface area contributed by atoms with Crippen LogP contribution >= 0.6 is 11.3 Å². The number of alkyl carbamates (subject to hydrolysis) is 1. The number of aromatic nitrogens is 5. The molecule has 0 radical (unpaired) electrons. The number of halogens is 1. The Balaban J connectivity index is 1.05. The molecule has 4 unspecified atom stereocenters. The third-order valence-corrected chi connectivity index (χ3v) is 13.8. The van der Waals surface area contributed by atoms with Crippen molar-refractivity contribution in [2.24, 2.45) is 5.92 Å². The van der Waals surface area contributed by atoms with Crippen LogP contribution in [0.15, 0.2) is 60.9 Å². The number of H-pyrrole nitrogens is 2. The van der Waals surface area contributed by atoms with E-state index in [-0.39, 0.29) is 30.0 Å². The Labute approximate surface area is 375 Å². The Morgan fingerprint density at radius 3 is 2.20 bits per heavy atom. The largest absolute Gasteiger partial charge is 0.464 e. The molecule has 2 fully saturated rings. The minimum Gasteiger partial charge on any atom is -0.464 e. The van der Waals surface area contributed by atoms with E-state index in [1.165, 1.54) is 18.1 Å². The molecule has 2 aromatic carbocycles. The molecule has 7 heterocycles. The summed E-state index contributed by atoms with van der Waals surface area (Å²) < 4.78 is 36.3. The second kappa shape index (κ2) is 16.8. The number of hydrogen-bond donors (Lipinski definition) is 3. The third kappa shape index (κ3) is 8.01. The van der Waals surface area contributed by atoms with Gasteiger partial charge in [-0.1, -0.05) is 33.8 Å². The zero-order chi connectivity index (χ0) is 45.2. The summed E-state index contributed by atoms with van der Waals surface area (Å²) in [6.45, 7) is 14.8. The molecule has 3 N–H and O–H groups in total. The predicted molar refractivity (Wildman–Crippen MR) is 242 cm³/mol. The lowest BCUT2D eigenvalue weighted by atomic mass is 10.0. The monoisotopic (exact) mass is 890 g/mol. The van der Waals surface area contributed by atoms with E-state index in [4.69, 9.17) is 24.2 Å². The highest BCUT2D eigenvalue weighted by molar-refractivity contribution is 7.12. The fourth-order valence-corrected chi connectivity index (χ4v) is 10.2. The van der Waals surface area contributed by atoms with E-state index < -0.39 is 29.8 Å². The number of nitrogens with one attached hydrogen (secondary N) is 3. The zero-order valence-electron chi connectivity index (χ0n) is 37.5. The first-order chi connectivity index (χ1) is 30.6. The summed E-state index contributed by atoms with van der Waals surface area (Å²) in [6.07, 6.45) is 4.99. The SMILES string of the molecule is COC(=O)NC(C(=O)N1CCCC1c1ncc(-c2cc(F)c3c(c2)OC(c2ccc(C(C)C)s2)n2c-3cc3cc(-c4cnc(C5CCCN5C(=O)OC(C)(C)C)[nH]4)ccc32)[nH]1)C(C)C. The van der Waals surface area contributed by atoms with Gasteiger partial charge >= 0.3 is 12.2 Å². The number of hydrogen-bond acceptors (Lipinski definition) is 9. The number of rotatable bonds is 9. The van der Waals surface area contributed by atoms with Gasteiger partial charge in [-0.15, -0.1) is 11.3 Å². The minimum absolute atomic E-state index is 0.166. The number of aromatic amines is 2. The first-order valence-corrected chi connectivity index (χ1v) is 22.9. The second-order valence-electron chi connectivity index (χ2n) is 18.6. The van der Waals surface area contributed by atoms with Crippen LogP contribution in [0.2, 0.25) is 0 Å². The van der Waals surface area contributed by atoms with E-state index >= 15 is 4.39 Å². The van der Waals surface area contributed by atoms with Gasteiger partial charge in [-0.3, -0.25) is 14.3 Å². The van der Waals surface area contributed by atoms with Crippen molar-refractivity contribution >= 4 is 40.3 Å². The summed E-state index contributed by atoms with van der Waals surface area (Å²) >= 11 is 1.68. The number of ether oxygens (including phenoxy) is 3. The third-order valence-electron chi connectivity index (χ3n) is 12.3. The Kier molecular flexibility index (Phi) is 11.3. The maximum Gasteiger partial charge on any atom is 0.410 e. The minimum atomic E-state index is -0.761. The van der Waals surface area contributed by atoms with Crippen molar-refractivity contribution < 1.29 is 33.0 Å². The molecule has 0 aliphatic carbocycles. The van der Waals surface area contributed by atoms with Gasteiger partial charge in [-0.25, -0.2) is 23.9 Å².